The summed E-state index contributed by atoms with van der Waals surface area (Å²) in [6.45, 7) is 7.77. The first kappa shape index (κ1) is 19.3. The number of carbonyl (C=O) groups excluding carboxylic acids is 1. The molecule has 2 fully saturated rings. The van der Waals surface area contributed by atoms with Crippen LogP contribution in [0, 0.1) is 0 Å². The van der Waals surface area contributed by atoms with Crippen LogP contribution in [0.1, 0.15) is 40.2 Å². The monoisotopic (exact) mass is 413 g/mol. The average Bonchev–Trinajstić information content (AvgIpc) is 3.37. The van der Waals surface area contributed by atoms with Crippen molar-refractivity contribution in [1.29, 1.82) is 0 Å². The number of fused-ring (bicyclic) bond motifs is 3. The molecule has 2 aromatic rings. The van der Waals surface area contributed by atoms with Crippen molar-refractivity contribution in [2.75, 3.05) is 52.9 Å². The number of aromatic nitrogens is 2. The Bertz CT molecular complexity index is 874. The van der Waals surface area contributed by atoms with Gasteiger partial charge in [-0.2, -0.15) is 5.10 Å². The van der Waals surface area contributed by atoms with Gasteiger partial charge in [0, 0.05) is 48.7 Å². The predicted molar refractivity (Wildman–Crippen MR) is 117 cm³/mol. The molecule has 0 unspecified atom stereocenters. The molecule has 5 rings (SSSR count). The molecule has 7 heteroatoms. The first-order valence-electron chi connectivity index (χ1n) is 11.1. The summed E-state index contributed by atoms with van der Waals surface area (Å²) < 4.78 is 2.15. The molecule has 1 aliphatic carbocycles. The maximum atomic E-state index is 13.4. The zero-order valence-electron chi connectivity index (χ0n) is 17.4. The van der Waals surface area contributed by atoms with E-state index in [1.165, 1.54) is 54.0 Å². The maximum absolute atomic E-state index is 13.4. The molecule has 4 heterocycles. The van der Waals surface area contributed by atoms with Gasteiger partial charge in [-0.3, -0.25) is 9.48 Å². The molecule has 0 radical (unpaired) electrons. The van der Waals surface area contributed by atoms with Crippen molar-refractivity contribution in [3.63, 3.8) is 0 Å². The van der Waals surface area contributed by atoms with Crippen molar-refractivity contribution in [2.24, 2.45) is 0 Å². The van der Waals surface area contributed by atoms with Crippen LogP contribution in [0.15, 0.2) is 11.4 Å². The van der Waals surface area contributed by atoms with Crippen LogP contribution in [-0.4, -0.2) is 83.2 Å². The van der Waals surface area contributed by atoms with Gasteiger partial charge < -0.3 is 14.7 Å². The van der Waals surface area contributed by atoms with Crippen LogP contribution >= 0.6 is 11.3 Å². The fourth-order valence-corrected chi connectivity index (χ4v) is 5.81. The number of carbonyl (C=O) groups is 1. The number of piperidine rings is 1. The Morgan fingerprint density at radius 3 is 2.62 bits per heavy atom. The number of thiophene rings is 1. The van der Waals surface area contributed by atoms with Crippen LogP contribution in [-0.2, 0) is 19.4 Å². The molecule has 2 aliphatic heterocycles. The number of likely N-dealkylation sites (tertiary alicyclic amines) is 1. The van der Waals surface area contributed by atoms with Gasteiger partial charge in [-0.05, 0) is 57.3 Å². The first-order chi connectivity index (χ1) is 14.2. The molecule has 2 aromatic heterocycles. The van der Waals surface area contributed by atoms with Crippen LogP contribution in [0.25, 0.3) is 11.3 Å². The molecule has 3 aliphatic rings. The lowest BCUT2D eigenvalue weighted by Gasteiger charge is -2.32. The van der Waals surface area contributed by atoms with E-state index in [-0.39, 0.29) is 5.91 Å². The Kier molecular flexibility index (Phi) is 5.45. The minimum atomic E-state index is 0.129. The molecule has 0 bridgehead atoms. The second-order valence-corrected chi connectivity index (χ2v) is 9.65. The Morgan fingerprint density at radius 1 is 1.03 bits per heavy atom. The third-order valence-corrected chi connectivity index (χ3v) is 7.70. The lowest BCUT2D eigenvalue weighted by Crippen LogP contribution is -2.47. The fourth-order valence-electron chi connectivity index (χ4n) is 4.93. The Balaban J connectivity index is 1.44. The number of hydrogen-bond donors (Lipinski definition) is 0. The van der Waals surface area contributed by atoms with Crippen LogP contribution in [0.2, 0.25) is 0 Å². The van der Waals surface area contributed by atoms with Crippen LogP contribution < -0.4 is 0 Å². The molecular formula is C22H31N5OS. The number of nitrogens with zero attached hydrogens (tertiary/aromatic N) is 5. The van der Waals surface area contributed by atoms with Gasteiger partial charge in [-0.1, -0.05) is 6.42 Å². The number of hydrogen-bond acceptors (Lipinski definition) is 5. The van der Waals surface area contributed by atoms with E-state index in [0.717, 1.165) is 52.1 Å². The molecule has 29 heavy (non-hydrogen) atoms. The summed E-state index contributed by atoms with van der Waals surface area (Å²) in [5.41, 5.74) is 4.40. The van der Waals surface area contributed by atoms with E-state index in [4.69, 9.17) is 5.10 Å². The Hall–Kier alpha value is -1.70. The number of likely N-dealkylation sites (N-methyl/N-ethyl adjacent to an activating group) is 1. The van der Waals surface area contributed by atoms with E-state index < -0.39 is 0 Å². The second kappa shape index (κ2) is 8.20. The van der Waals surface area contributed by atoms with Gasteiger partial charge in [0.05, 0.1) is 12.2 Å². The SMILES string of the molecule is CN1CCN(C(=O)c2nn(CCN3CCCCC3)c3c2CCc2sccc2-3)CC1. The van der Waals surface area contributed by atoms with Gasteiger partial charge in [0.2, 0.25) is 0 Å². The highest BCUT2D eigenvalue weighted by Gasteiger charge is 2.32. The molecule has 1 amide bonds. The first-order valence-corrected chi connectivity index (χ1v) is 12.0. The quantitative estimate of drug-likeness (QED) is 0.773. The number of aryl methyl sites for hydroxylation is 1. The van der Waals surface area contributed by atoms with E-state index in [0.29, 0.717) is 5.69 Å². The highest BCUT2D eigenvalue weighted by molar-refractivity contribution is 7.10. The van der Waals surface area contributed by atoms with Gasteiger partial charge >= 0.3 is 0 Å². The van der Waals surface area contributed by atoms with E-state index >= 15 is 0 Å². The zero-order valence-corrected chi connectivity index (χ0v) is 18.2. The standard InChI is InChI=1S/C22H31N5OS/c1-24-10-13-26(14-11-24)22(28)20-18-5-6-19-17(7-16-29-19)21(18)27(23-20)15-12-25-8-3-2-4-9-25/h7,16H,2-6,8-15H2,1H3. The number of amides is 1. The smallest absolute Gasteiger partial charge is 0.274 e. The summed E-state index contributed by atoms with van der Waals surface area (Å²) in [5, 5.41) is 7.12. The Labute approximate surface area is 177 Å². The molecule has 0 spiro atoms. The third kappa shape index (κ3) is 3.76. The van der Waals surface area contributed by atoms with Gasteiger partial charge in [0.1, 0.15) is 0 Å². The van der Waals surface area contributed by atoms with E-state index in [1.807, 2.05) is 16.2 Å². The topological polar surface area (TPSA) is 44.6 Å². The molecule has 0 N–H and O–H groups in total. The third-order valence-electron chi connectivity index (χ3n) is 6.72. The molecule has 2 saturated heterocycles. The molecular weight excluding hydrogens is 382 g/mol. The average molecular weight is 414 g/mol. The predicted octanol–water partition coefficient (Wildman–Crippen LogP) is 2.58. The lowest BCUT2D eigenvalue weighted by molar-refractivity contribution is 0.0656. The van der Waals surface area contributed by atoms with Gasteiger partial charge in [-0.25, -0.2) is 0 Å². The highest BCUT2D eigenvalue weighted by atomic mass is 32.1. The van der Waals surface area contributed by atoms with Gasteiger partial charge in [-0.15, -0.1) is 11.3 Å². The van der Waals surface area contributed by atoms with Crippen molar-refractivity contribution in [3.8, 4) is 11.3 Å². The number of rotatable bonds is 4. The molecule has 6 nitrogen and oxygen atoms in total. The van der Waals surface area contributed by atoms with Crippen LogP contribution in [0.5, 0.6) is 0 Å². The largest absolute Gasteiger partial charge is 0.335 e. The summed E-state index contributed by atoms with van der Waals surface area (Å²) in [6, 6.07) is 2.22. The summed E-state index contributed by atoms with van der Waals surface area (Å²) in [4.78, 5) is 21.7. The molecule has 0 saturated carbocycles. The maximum Gasteiger partial charge on any atom is 0.274 e. The molecule has 156 valence electrons. The molecule has 0 atom stereocenters. The molecule has 0 aromatic carbocycles. The lowest BCUT2D eigenvalue weighted by atomic mass is 9.94. The summed E-state index contributed by atoms with van der Waals surface area (Å²) in [5.74, 6) is 0.129. The van der Waals surface area contributed by atoms with Crippen molar-refractivity contribution >= 4 is 17.2 Å². The van der Waals surface area contributed by atoms with Gasteiger partial charge in [0.25, 0.3) is 5.91 Å². The van der Waals surface area contributed by atoms with Crippen molar-refractivity contribution in [1.82, 2.24) is 24.5 Å². The van der Waals surface area contributed by atoms with Crippen LogP contribution in [0.4, 0.5) is 0 Å². The normalized spacial score (nSPS) is 20.5. The minimum Gasteiger partial charge on any atom is -0.335 e. The summed E-state index contributed by atoms with van der Waals surface area (Å²) in [6.07, 6.45) is 5.93. The fraction of sp³-hybridized carbons (Fsp3) is 0.636. The number of piperazine rings is 1. The highest BCUT2D eigenvalue weighted by Crippen LogP contribution is 2.38. The summed E-state index contributed by atoms with van der Waals surface area (Å²) in [7, 11) is 2.12. The summed E-state index contributed by atoms with van der Waals surface area (Å²) >= 11 is 1.84. The van der Waals surface area contributed by atoms with E-state index in [9.17, 15) is 4.79 Å². The minimum absolute atomic E-state index is 0.129. The zero-order chi connectivity index (χ0) is 19.8. The van der Waals surface area contributed by atoms with Crippen molar-refractivity contribution in [2.45, 2.75) is 38.6 Å². The van der Waals surface area contributed by atoms with Crippen molar-refractivity contribution < 1.29 is 4.79 Å². The van der Waals surface area contributed by atoms with Crippen molar-refractivity contribution in [3.05, 3.63) is 27.6 Å². The van der Waals surface area contributed by atoms with E-state index in [2.05, 4.69) is 33.0 Å². The van der Waals surface area contributed by atoms with Crippen LogP contribution in [0.3, 0.4) is 0 Å². The second-order valence-electron chi connectivity index (χ2n) is 8.65. The van der Waals surface area contributed by atoms with Gasteiger partial charge in [0.15, 0.2) is 5.69 Å². The van der Waals surface area contributed by atoms with E-state index in [1.54, 1.807) is 0 Å². The Morgan fingerprint density at radius 2 is 1.83 bits per heavy atom.